The molecule has 1 unspecified atom stereocenters. The van der Waals surface area contributed by atoms with Gasteiger partial charge in [-0.15, -0.1) is 0 Å². The Morgan fingerprint density at radius 3 is 2.88 bits per heavy atom. The van der Waals surface area contributed by atoms with Crippen molar-refractivity contribution in [2.24, 2.45) is 5.73 Å². The van der Waals surface area contributed by atoms with E-state index in [2.05, 4.69) is 5.10 Å². The first-order valence-corrected chi connectivity index (χ1v) is 6.78. The summed E-state index contributed by atoms with van der Waals surface area (Å²) in [6.45, 7) is 4.58. The Kier molecular flexibility index (Phi) is 5.30. The van der Waals surface area contributed by atoms with Gasteiger partial charge >= 0.3 is 5.97 Å². The molecule has 0 aliphatic heterocycles. The van der Waals surface area contributed by atoms with Crippen molar-refractivity contribution in [3.05, 3.63) is 16.4 Å². The number of halogens is 1. The van der Waals surface area contributed by atoms with Crippen LogP contribution in [-0.4, -0.2) is 32.7 Å². The predicted molar refractivity (Wildman–Crippen MR) is 69.4 cm³/mol. The number of carboxylic acids is 1. The van der Waals surface area contributed by atoms with Crippen LogP contribution in [0.5, 0.6) is 0 Å². The predicted octanol–water partition coefficient (Wildman–Crippen LogP) is 1.51. The van der Waals surface area contributed by atoms with Gasteiger partial charge in [-0.05, 0) is 13.8 Å². The van der Waals surface area contributed by atoms with E-state index >= 15 is 0 Å². The molecule has 0 fully saturated rings. The van der Waals surface area contributed by atoms with E-state index in [1.807, 2.05) is 18.5 Å². The van der Waals surface area contributed by atoms with Crippen LogP contribution >= 0.6 is 23.4 Å². The molecule has 0 radical (unpaired) electrons. The minimum atomic E-state index is -0.983. The lowest BCUT2D eigenvalue weighted by atomic mass is 10.4. The van der Waals surface area contributed by atoms with Gasteiger partial charge in [0.2, 0.25) is 0 Å². The number of thioether (sulfide) groups is 1. The molecule has 1 aromatic rings. The number of carbonyl (C=O) groups is 1. The highest BCUT2D eigenvalue weighted by molar-refractivity contribution is 7.98. The van der Waals surface area contributed by atoms with Crippen LogP contribution in [0.25, 0.3) is 0 Å². The average Bonchev–Trinajstić information content (AvgIpc) is 2.56. The Balaban J connectivity index is 2.60. The molecule has 7 heteroatoms. The zero-order valence-corrected chi connectivity index (χ0v) is 11.4. The van der Waals surface area contributed by atoms with Crippen LogP contribution in [0.3, 0.4) is 0 Å². The standard InChI is InChI=1S/C10H16ClN3O2S/c1-3-14-8(9(11)6(2)13-14)5-17-4-7(12)10(15)16/h7H,3-5,12H2,1-2H3,(H,15,16). The third-order valence-corrected chi connectivity index (χ3v) is 3.87. The largest absolute Gasteiger partial charge is 0.480 e. The highest BCUT2D eigenvalue weighted by Crippen LogP contribution is 2.24. The maximum Gasteiger partial charge on any atom is 0.321 e. The zero-order valence-electron chi connectivity index (χ0n) is 9.81. The van der Waals surface area contributed by atoms with Crippen LogP contribution in [0.15, 0.2) is 0 Å². The first kappa shape index (κ1) is 14.3. The molecule has 0 aliphatic carbocycles. The topological polar surface area (TPSA) is 81.1 Å². The monoisotopic (exact) mass is 277 g/mol. The molecule has 0 saturated heterocycles. The first-order valence-electron chi connectivity index (χ1n) is 5.25. The number of aromatic nitrogens is 2. The van der Waals surface area contributed by atoms with Crippen molar-refractivity contribution < 1.29 is 9.90 Å². The number of hydrogen-bond donors (Lipinski definition) is 2. The number of nitrogens with two attached hydrogens (primary N) is 1. The van der Waals surface area contributed by atoms with Gasteiger partial charge in [0.15, 0.2) is 0 Å². The Labute approximate surface area is 109 Å². The van der Waals surface area contributed by atoms with E-state index in [0.29, 0.717) is 16.5 Å². The quantitative estimate of drug-likeness (QED) is 0.824. The van der Waals surface area contributed by atoms with E-state index in [0.717, 1.165) is 17.9 Å². The minimum Gasteiger partial charge on any atom is -0.480 e. The molecule has 1 atom stereocenters. The molecule has 17 heavy (non-hydrogen) atoms. The molecule has 3 N–H and O–H groups in total. The van der Waals surface area contributed by atoms with Crippen molar-refractivity contribution in [3.8, 4) is 0 Å². The van der Waals surface area contributed by atoms with Gasteiger partial charge in [-0.3, -0.25) is 9.48 Å². The lowest BCUT2D eigenvalue weighted by Gasteiger charge is -2.07. The molecule has 0 bridgehead atoms. The van der Waals surface area contributed by atoms with Gasteiger partial charge in [-0.2, -0.15) is 16.9 Å². The molecule has 0 saturated carbocycles. The fraction of sp³-hybridized carbons (Fsp3) is 0.600. The van der Waals surface area contributed by atoms with Crippen molar-refractivity contribution in [1.29, 1.82) is 0 Å². The second-order valence-electron chi connectivity index (χ2n) is 3.62. The van der Waals surface area contributed by atoms with E-state index in [9.17, 15) is 4.79 Å². The van der Waals surface area contributed by atoms with E-state index < -0.39 is 12.0 Å². The van der Waals surface area contributed by atoms with Crippen LogP contribution < -0.4 is 5.73 Å². The summed E-state index contributed by atoms with van der Waals surface area (Å²) in [6.07, 6.45) is 0. The number of hydrogen-bond acceptors (Lipinski definition) is 4. The minimum absolute atomic E-state index is 0.361. The van der Waals surface area contributed by atoms with Crippen LogP contribution in [0.1, 0.15) is 18.3 Å². The summed E-state index contributed by atoms with van der Waals surface area (Å²) in [5.41, 5.74) is 7.14. The number of aryl methyl sites for hydroxylation is 2. The van der Waals surface area contributed by atoms with Crippen LogP contribution in [0.4, 0.5) is 0 Å². The molecule has 96 valence electrons. The summed E-state index contributed by atoms with van der Waals surface area (Å²) in [7, 11) is 0. The Morgan fingerprint density at radius 1 is 1.71 bits per heavy atom. The maximum absolute atomic E-state index is 10.6. The Morgan fingerprint density at radius 2 is 2.35 bits per heavy atom. The van der Waals surface area contributed by atoms with Crippen molar-refractivity contribution >= 4 is 29.3 Å². The molecule has 0 amide bonds. The van der Waals surface area contributed by atoms with Crippen LogP contribution in [0.2, 0.25) is 5.02 Å². The summed E-state index contributed by atoms with van der Waals surface area (Å²) in [4.78, 5) is 10.6. The van der Waals surface area contributed by atoms with Gasteiger partial charge in [0.05, 0.1) is 16.4 Å². The normalized spacial score (nSPS) is 12.7. The second-order valence-corrected chi connectivity index (χ2v) is 5.03. The molecule has 5 nitrogen and oxygen atoms in total. The van der Waals surface area contributed by atoms with Gasteiger partial charge < -0.3 is 10.8 Å². The number of rotatable bonds is 6. The molecular weight excluding hydrogens is 262 g/mol. The first-order chi connectivity index (χ1) is 7.97. The molecule has 0 aromatic carbocycles. The summed E-state index contributed by atoms with van der Waals surface area (Å²) < 4.78 is 1.83. The van der Waals surface area contributed by atoms with Gasteiger partial charge in [0.25, 0.3) is 0 Å². The highest BCUT2D eigenvalue weighted by Gasteiger charge is 2.15. The zero-order chi connectivity index (χ0) is 13.0. The van der Waals surface area contributed by atoms with Crippen molar-refractivity contribution in [1.82, 2.24) is 9.78 Å². The highest BCUT2D eigenvalue weighted by atomic mass is 35.5. The molecule has 0 aliphatic rings. The number of carboxylic acid groups (broad SMARTS) is 1. The summed E-state index contributed by atoms with van der Waals surface area (Å²) >= 11 is 7.58. The number of nitrogens with zero attached hydrogens (tertiary/aromatic N) is 2. The Hall–Kier alpha value is -0.720. The SMILES string of the molecule is CCn1nc(C)c(Cl)c1CSCC(N)C(=O)O. The third kappa shape index (κ3) is 3.62. The third-order valence-electron chi connectivity index (χ3n) is 2.31. The smallest absolute Gasteiger partial charge is 0.321 e. The summed E-state index contributed by atoms with van der Waals surface area (Å²) in [5.74, 6) is -0.00236. The lowest BCUT2D eigenvalue weighted by Crippen LogP contribution is -2.32. The number of aliphatic carboxylic acids is 1. The lowest BCUT2D eigenvalue weighted by molar-refractivity contribution is -0.137. The van der Waals surface area contributed by atoms with Gasteiger partial charge in [0, 0.05) is 18.1 Å². The average molecular weight is 278 g/mol. The van der Waals surface area contributed by atoms with Crippen molar-refractivity contribution in [2.45, 2.75) is 32.2 Å². The van der Waals surface area contributed by atoms with E-state index in [-0.39, 0.29) is 0 Å². The molecule has 1 heterocycles. The fourth-order valence-corrected chi connectivity index (χ4v) is 2.64. The summed E-state index contributed by atoms with van der Waals surface area (Å²) in [6, 6.07) is -0.835. The Bertz CT molecular complexity index is 409. The molecular formula is C10H16ClN3O2S. The molecule has 1 rings (SSSR count). The van der Waals surface area contributed by atoms with Gasteiger partial charge in [-0.1, -0.05) is 11.6 Å². The van der Waals surface area contributed by atoms with Crippen LogP contribution in [0, 0.1) is 6.92 Å². The van der Waals surface area contributed by atoms with Crippen molar-refractivity contribution in [2.75, 3.05) is 5.75 Å². The van der Waals surface area contributed by atoms with Crippen LogP contribution in [-0.2, 0) is 17.1 Å². The maximum atomic E-state index is 10.6. The van der Waals surface area contributed by atoms with E-state index in [1.54, 1.807) is 0 Å². The van der Waals surface area contributed by atoms with E-state index in [4.69, 9.17) is 22.4 Å². The van der Waals surface area contributed by atoms with Gasteiger partial charge in [0.1, 0.15) is 6.04 Å². The van der Waals surface area contributed by atoms with Crippen molar-refractivity contribution in [3.63, 3.8) is 0 Å². The summed E-state index contributed by atoms with van der Waals surface area (Å²) in [5, 5.41) is 13.6. The molecule has 0 spiro atoms. The fourth-order valence-electron chi connectivity index (χ4n) is 1.36. The van der Waals surface area contributed by atoms with E-state index in [1.165, 1.54) is 11.8 Å². The van der Waals surface area contributed by atoms with Gasteiger partial charge in [-0.25, -0.2) is 0 Å². The second kappa shape index (κ2) is 6.28. The molecule has 1 aromatic heterocycles.